The topological polar surface area (TPSA) is 244 Å². The number of nitrogens with zero attached hydrogens (tertiary/aromatic N) is 7. The summed E-state index contributed by atoms with van der Waals surface area (Å²) in [5, 5.41) is -0.946. The molecule has 254 valence electrons. The average molecular weight is 750 g/mol. The highest BCUT2D eigenvalue weighted by Crippen LogP contribution is 2.48. The van der Waals surface area contributed by atoms with Gasteiger partial charge in [0.25, 0.3) is 0 Å². The predicted molar refractivity (Wildman–Crippen MR) is 175 cm³/mol. The first kappa shape index (κ1) is 34.4. The van der Waals surface area contributed by atoms with Crippen molar-refractivity contribution in [2.24, 2.45) is 11.8 Å². The number of rotatable bonds is 11. The van der Waals surface area contributed by atoms with Crippen molar-refractivity contribution in [1.82, 2.24) is 34.1 Å². The van der Waals surface area contributed by atoms with E-state index >= 15 is 0 Å². The molecule has 6 heterocycles. The number of thiol groups is 2. The van der Waals surface area contributed by atoms with E-state index in [0.29, 0.717) is 17.6 Å². The van der Waals surface area contributed by atoms with Crippen molar-refractivity contribution in [1.29, 1.82) is 0 Å². The molecule has 5 N–H and O–H groups in total. The molecule has 9 atom stereocenters. The van der Waals surface area contributed by atoms with Crippen molar-refractivity contribution in [3.63, 3.8) is 0 Å². The average Bonchev–Trinajstić information content (AvgIpc) is 3.73. The van der Waals surface area contributed by atoms with Crippen LogP contribution >= 0.6 is 54.6 Å². The van der Waals surface area contributed by atoms with Crippen molar-refractivity contribution >= 4 is 92.9 Å². The maximum Gasteiger partial charge on any atom is 0.383 e. The third-order valence-corrected chi connectivity index (χ3v) is 9.98. The van der Waals surface area contributed by atoms with Gasteiger partial charge in [-0.15, -0.1) is 12.6 Å². The number of nitrogen functional groups attached to an aromatic ring is 2. The van der Waals surface area contributed by atoms with Crippen LogP contribution in [0.2, 0.25) is 5.28 Å². The number of hydrogen-bond acceptors (Lipinski definition) is 16. The van der Waals surface area contributed by atoms with Gasteiger partial charge in [-0.3, -0.25) is 23.2 Å². The molecule has 2 aliphatic heterocycles. The Bertz CT molecular complexity index is 1920. The molecule has 2 aliphatic rings. The van der Waals surface area contributed by atoms with Crippen LogP contribution in [0.15, 0.2) is 17.4 Å². The first-order valence-electron chi connectivity index (χ1n) is 14.0. The number of thiazole rings is 1. The summed E-state index contributed by atoms with van der Waals surface area (Å²) in [5.41, 5.74) is 13.0. The molecule has 47 heavy (non-hydrogen) atoms. The number of halogens is 1. The number of ether oxygens (including phenoxy) is 4. The lowest BCUT2D eigenvalue weighted by molar-refractivity contribution is -0.197. The van der Waals surface area contributed by atoms with E-state index in [-0.39, 0.29) is 39.8 Å². The van der Waals surface area contributed by atoms with Crippen LogP contribution in [0, 0.1) is 11.8 Å². The largest absolute Gasteiger partial charge is 0.383 e. The second kappa shape index (κ2) is 13.5. The lowest BCUT2D eigenvalue weighted by Gasteiger charge is -2.26. The van der Waals surface area contributed by atoms with Crippen LogP contribution in [0.3, 0.4) is 0 Å². The number of nitrogens with two attached hydrogens (primary N) is 2. The Hall–Kier alpha value is -2.43. The lowest BCUT2D eigenvalue weighted by atomic mass is 10.0. The molecule has 0 aliphatic carbocycles. The highest BCUT2D eigenvalue weighted by molar-refractivity contribution is 8.44. The van der Waals surface area contributed by atoms with Gasteiger partial charge in [-0.2, -0.15) is 9.97 Å². The number of carbonyl (C=O) groups excluding carboxylic acids is 1. The predicted octanol–water partition coefficient (Wildman–Crippen LogP) is 2.20. The van der Waals surface area contributed by atoms with E-state index in [1.807, 2.05) is 6.92 Å². The van der Waals surface area contributed by atoms with E-state index in [0.717, 1.165) is 11.3 Å². The Morgan fingerprint density at radius 2 is 1.96 bits per heavy atom. The number of imidazole rings is 1. The number of anilines is 2. The number of aromatic nitrogens is 7. The molecule has 0 bridgehead atoms. The van der Waals surface area contributed by atoms with Crippen LogP contribution in [0.1, 0.15) is 32.7 Å². The van der Waals surface area contributed by atoms with Gasteiger partial charge in [0.05, 0.1) is 31.7 Å². The fraction of sp³-hybridized carbons (Fsp3) is 0.542. The van der Waals surface area contributed by atoms with Gasteiger partial charge in [-0.05, 0) is 18.0 Å². The molecule has 2 saturated heterocycles. The summed E-state index contributed by atoms with van der Waals surface area (Å²) in [5.74, 6) is -0.415. The van der Waals surface area contributed by atoms with E-state index in [9.17, 15) is 19.0 Å². The molecule has 2 fully saturated rings. The molecule has 0 radical (unpaired) electrons. The summed E-state index contributed by atoms with van der Waals surface area (Å²) < 4.78 is 44.5. The summed E-state index contributed by atoms with van der Waals surface area (Å²) in [7, 11) is 0. The zero-order valence-corrected chi connectivity index (χ0v) is 28.8. The monoisotopic (exact) mass is 749 g/mol. The van der Waals surface area contributed by atoms with Gasteiger partial charge >= 0.3 is 11.7 Å². The smallest absolute Gasteiger partial charge is 0.382 e. The Morgan fingerprint density at radius 3 is 2.68 bits per heavy atom. The number of carbonyl (C=O) groups is 1. The van der Waals surface area contributed by atoms with E-state index in [1.165, 1.54) is 10.9 Å². The molecule has 0 spiro atoms. The van der Waals surface area contributed by atoms with Gasteiger partial charge in [0.15, 0.2) is 17.1 Å². The zero-order chi connectivity index (χ0) is 33.8. The first-order chi connectivity index (χ1) is 22.2. The van der Waals surface area contributed by atoms with Crippen molar-refractivity contribution in [2.45, 2.75) is 57.3 Å². The van der Waals surface area contributed by atoms with E-state index in [1.54, 1.807) is 17.8 Å². The van der Waals surface area contributed by atoms with E-state index in [4.69, 9.17) is 46.5 Å². The second-order valence-corrected chi connectivity index (χ2v) is 15.5. The Labute approximate surface area is 285 Å². The third-order valence-electron chi connectivity index (χ3n) is 7.80. The molecular weight excluding hydrogens is 721 g/mol. The molecule has 0 amide bonds. The lowest BCUT2D eigenvalue weighted by Crippen LogP contribution is -2.39. The molecular formula is C24H29ClN9O9PS3. The normalized spacial score (nSPS) is 28.3. The Balaban J connectivity index is 1.20. The minimum Gasteiger partial charge on any atom is -0.382 e. The fourth-order valence-electron chi connectivity index (χ4n) is 5.76. The van der Waals surface area contributed by atoms with Crippen LogP contribution in [0.5, 0.6) is 0 Å². The van der Waals surface area contributed by atoms with E-state index in [2.05, 4.69) is 49.8 Å². The molecule has 4 unspecified atom stereocenters. The summed E-state index contributed by atoms with van der Waals surface area (Å²) in [4.78, 5) is 55.5. The first-order valence-corrected chi connectivity index (χ1v) is 18.4. The van der Waals surface area contributed by atoms with Gasteiger partial charge in [0.2, 0.25) is 16.7 Å². The summed E-state index contributed by atoms with van der Waals surface area (Å²) in [6, 6.07) is 0. The van der Waals surface area contributed by atoms with Crippen molar-refractivity contribution in [3.8, 4) is 0 Å². The van der Waals surface area contributed by atoms with Crippen LogP contribution in [-0.2, 0) is 32.8 Å². The van der Waals surface area contributed by atoms with Crippen LogP contribution < -0.4 is 16.3 Å². The number of hydrogen-bond donors (Lipinski definition) is 5. The van der Waals surface area contributed by atoms with Gasteiger partial charge in [-0.1, -0.05) is 37.4 Å². The summed E-state index contributed by atoms with van der Waals surface area (Å²) >= 11 is 14.3. The quantitative estimate of drug-likeness (QED) is 0.0639. The fourth-order valence-corrected chi connectivity index (χ4v) is 7.45. The van der Waals surface area contributed by atoms with Gasteiger partial charge in [0, 0.05) is 11.8 Å². The highest BCUT2D eigenvalue weighted by atomic mass is 35.5. The van der Waals surface area contributed by atoms with Crippen LogP contribution in [-0.4, -0.2) is 81.9 Å². The van der Waals surface area contributed by atoms with Gasteiger partial charge in [-0.25, -0.2) is 19.5 Å². The molecule has 18 nitrogen and oxygen atoms in total. The van der Waals surface area contributed by atoms with Crippen LogP contribution in [0.25, 0.3) is 21.5 Å². The molecule has 4 aromatic heterocycles. The summed E-state index contributed by atoms with van der Waals surface area (Å²) in [6.07, 6.45) is -2.06. The maximum atomic E-state index is 13.1. The maximum absolute atomic E-state index is 13.1. The molecule has 23 heteroatoms. The Kier molecular flexibility index (Phi) is 9.87. The highest BCUT2D eigenvalue weighted by Gasteiger charge is 2.48. The van der Waals surface area contributed by atoms with Crippen molar-refractivity contribution in [3.05, 3.63) is 27.6 Å². The molecule has 0 saturated carbocycles. The minimum atomic E-state index is -4.25. The zero-order valence-electron chi connectivity index (χ0n) is 24.5. The third kappa shape index (κ3) is 7.02. The Morgan fingerprint density at radius 1 is 1.19 bits per heavy atom. The second-order valence-electron chi connectivity index (χ2n) is 11.0. The van der Waals surface area contributed by atoms with E-state index < -0.39 is 66.4 Å². The van der Waals surface area contributed by atoms with Gasteiger partial charge in [0.1, 0.15) is 40.9 Å². The summed E-state index contributed by atoms with van der Waals surface area (Å²) in [6.45, 7) is -1.11. The number of fused-ring (bicyclic) bond motifs is 2. The minimum absolute atomic E-state index is 0.00827. The molecule has 0 aromatic carbocycles. The van der Waals surface area contributed by atoms with Crippen molar-refractivity contribution < 1.29 is 37.7 Å². The van der Waals surface area contributed by atoms with Gasteiger partial charge < -0.3 is 35.3 Å². The van der Waals surface area contributed by atoms with Crippen LogP contribution in [0.4, 0.5) is 11.6 Å². The standard InChI is InChI=1S/C24H29ClN9O9PS3/c1-8-3-10(41-19(8)33-7-30-12-15(26)28-6-29-17(12)33)4-39-22(21(35)45)43-13-9(2)20(42-11(13)5-40-44(37,38)46)34-18-14(47-24(34)36)16(27)31-23(25)32-18/h6-11,13,19-20,22H,3-5H2,1-2H3,(H,35,45)(H2,26,28,29)(H2,27,31,32)(H2,37,38,46)/t8?,9?,10-,11+,13-,19+,20+,22?/m0/s1. The molecule has 6 rings (SSSR count). The molecule has 4 aromatic rings. The SMILES string of the molecule is CC1C[C@@H](COC(O[C@H]2C(C)[C@H](n3c(=O)sc4c(N)nc(Cl)nc43)O[C@@H]2COP(=O)(O)S)C(=O)S)O[C@H]1n1cnc2c(N)ncnc21. The van der Waals surface area contributed by atoms with Crippen molar-refractivity contribution in [2.75, 3.05) is 24.7 Å².